The van der Waals surface area contributed by atoms with E-state index in [1.165, 1.54) is 0 Å². The summed E-state index contributed by atoms with van der Waals surface area (Å²) >= 11 is 0. The number of amides is 1. The van der Waals surface area contributed by atoms with E-state index in [1.54, 1.807) is 6.07 Å². The third kappa shape index (κ3) is 4.18. The van der Waals surface area contributed by atoms with E-state index < -0.39 is 0 Å². The first-order chi connectivity index (χ1) is 10.5. The average Bonchev–Trinajstić information content (AvgIpc) is 2.46. The summed E-state index contributed by atoms with van der Waals surface area (Å²) in [5, 5.41) is 13.0. The number of rotatable bonds is 6. The number of hydrogen-bond acceptors (Lipinski definition) is 3. The lowest BCUT2D eigenvalue weighted by Crippen LogP contribution is -2.39. The Hall–Kier alpha value is -2.14. The Balaban J connectivity index is 2.11. The van der Waals surface area contributed by atoms with Crippen molar-refractivity contribution in [2.75, 3.05) is 6.61 Å². The Morgan fingerprint density at radius 3 is 2.73 bits per heavy atom. The maximum absolute atomic E-state index is 12.1. The lowest BCUT2D eigenvalue weighted by Gasteiger charge is -2.18. The van der Waals surface area contributed by atoms with Crippen LogP contribution in [0.2, 0.25) is 0 Å². The van der Waals surface area contributed by atoms with Crippen LogP contribution in [0.3, 0.4) is 0 Å². The quantitative estimate of drug-likeness (QED) is 0.758. The number of para-hydroxylation sites is 1. The van der Waals surface area contributed by atoms with Gasteiger partial charge in [-0.25, -0.2) is 0 Å². The summed E-state index contributed by atoms with van der Waals surface area (Å²) in [5.74, 6) is 0.127. The number of aliphatic hydroxyl groups is 1. The number of carbonyl (C=O) groups is 1. The van der Waals surface area contributed by atoms with Crippen LogP contribution in [0.25, 0.3) is 10.9 Å². The number of carbonyl (C=O) groups excluding carboxylic acids is 1. The van der Waals surface area contributed by atoms with Crippen molar-refractivity contribution in [3.63, 3.8) is 0 Å². The summed E-state index contributed by atoms with van der Waals surface area (Å²) < 4.78 is 0. The van der Waals surface area contributed by atoms with Crippen molar-refractivity contribution in [2.24, 2.45) is 5.92 Å². The Kier molecular flexibility index (Phi) is 5.33. The van der Waals surface area contributed by atoms with Crippen molar-refractivity contribution >= 4 is 16.8 Å². The van der Waals surface area contributed by atoms with Crippen LogP contribution >= 0.6 is 0 Å². The van der Waals surface area contributed by atoms with Gasteiger partial charge in [0.2, 0.25) is 5.91 Å². The molecule has 1 amide bonds. The van der Waals surface area contributed by atoms with Gasteiger partial charge in [0.15, 0.2) is 0 Å². The molecule has 1 unspecified atom stereocenters. The van der Waals surface area contributed by atoms with Crippen LogP contribution in [-0.4, -0.2) is 28.6 Å². The lowest BCUT2D eigenvalue weighted by atomic mass is 10.0. The SMILES string of the molecule is CC(C)CC(CO)NC(=O)Cc1cc2ccccc2[nH]c1=O. The molecule has 0 saturated heterocycles. The Morgan fingerprint density at radius 2 is 2.05 bits per heavy atom. The monoisotopic (exact) mass is 302 g/mol. The van der Waals surface area contributed by atoms with Crippen molar-refractivity contribution in [3.8, 4) is 0 Å². The van der Waals surface area contributed by atoms with Crippen molar-refractivity contribution in [1.82, 2.24) is 10.3 Å². The number of H-pyrrole nitrogens is 1. The largest absolute Gasteiger partial charge is 0.394 e. The summed E-state index contributed by atoms with van der Waals surface area (Å²) in [6.07, 6.45) is 0.713. The molecule has 118 valence electrons. The van der Waals surface area contributed by atoms with Crippen molar-refractivity contribution < 1.29 is 9.90 Å². The fourth-order valence-corrected chi connectivity index (χ4v) is 2.52. The summed E-state index contributed by atoms with van der Waals surface area (Å²) in [7, 11) is 0. The first-order valence-corrected chi connectivity index (χ1v) is 7.50. The van der Waals surface area contributed by atoms with E-state index in [4.69, 9.17) is 0 Å². The molecule has 1 atom stereocenters. The molecule has 3 N–H and O–H groups in total. The fraction of sp³-hybridized carbons (Fsp3) is 0.412. The van der Waals surface area contributed by atoms with Gasteiger partial charge in [-0.15, -0.1) is 0 Å². The molecule has 0 fully saturated rings. The molecule has 0 radical (unpaired) electrons. The highest BCUT2D eigenvalue weighted by Gasteiger charge is 2.14. The molecule has 0 aliphatic carbocycles. The smallest absolute Gasteiger partial charge is 0.252 e. The van der Waals surface area contributed by atoms with Crippen LogP contribution in [0, 0.1) is 5.92 Å². The second-order valence-electron chi connectivity index (χ2n) is 5.96. The van der Waals surface area contributed by atoms with Crippen LogP contribution in [0.4, 0.5) is 0 Å². The minimum Gasteiger partial charge on any atom is -0.394 e. The van der Waals surface area contributed by atoms with E-state index >= 15 is 0 Å². The van der Waals surface area contributed by atoms with Crippen molar-refractivity contribution in [3.05, 3.63) is 46.2 Å². The molecular formula is C17H22N2O3. The maximum Gasteiger partial charge on any atom is 0.252 e. The molecule has 0 aliphatic rings. The number of benzene rings is 1. The Bertz CT molecular complexity index is 706. The van der Waals surface area contributed by atoms with Gasteiger partial charge in [0.05, 0.1) is 19.1 Å². The van der Waals surface area contributed by atoms with Crippen LogP contribution < -0.4 is 10.9 Å². The molecule has 1 aromatic heterocycles. The van der Waals surface area contributed by atoms with E-state index in [0.717, 1.165) is 10.9 Å². The van der Waals surface area contributed by atoms with Gasteiger partial charge in [-0.05, 0) is 29.9 Å². The normalized spacial score (nSPS) is 12.5. The summed E-state index contributed by atoms with van der Waals surface area (Å²) in [6, 6.07) is 8.92. The lowest BCUT2D eigenvalue weighted by molar-refractivity contribution is -0.121. The van der Waals surface area contributed by atoms with Gasteiger partial charge in [-0.3, -0.25) is 9.59 Å². The first-order valence-electron chi connectivity index (χ1n) is 7.50. The predicted molar refractivity (Wildman–Crippen MR) is 86.7 cm³/mol. The number of pyridine rings is 1. The van der Waals surface area contributed by atoms with Crippen LogP contribution in [0.15, 0.2) is 35.1 Å². The average molecular weight is 302 g/mol. The highest BCUT2D eigenvalue weighted by molar-refractivity contribution is 5.82. The number of aliphatic hydroxyl groups excluding tert-OH is 1. The molecule has 22 heavy (non-hydrogen) atoms. The molecular weight excluding hydrogens is 280 g/mol. The number of nitrogens with one attached hydrogen (secondary N) is 2. The van der Waals surface area contributed by atoms with E-state index in [-0.39, 0.29) is 30.5 Å². The molecule has 5 nitrogen and oxygen atoms in total. The molecule has 2 aromatic rings. The first kappa shape index (κ1) is 16.2. The van der Waals surface area contributed by atoms with E-state index in [2.05, 4.69) is 10.3 Å². The molecule has 0 saturated carbocycles. The van der Waals surface area contributed by atoms with E-state index in [9.17, 15) is 14.7 Å². The van der Waals surface area contributed by atoms with Gasteiger partial charge in [0.1, 0.15) is 0 Å². The van der Waals surface area contributed by atoms with E-state index in [0.29, 0.717) is 17.9 Å². The van der Waals surface area contributed by atoms with Crippen LogP contribution in [0.5, 0.6) is 0 Å². The van der Waals surface area contributed by atoms with Gasteiger partial charge < -0.3 is 15.4 Å². The fourth-order valence-electron chi connectivity index (χ4n) is 2.52. The number of aromatic amines is 1. The summed E-state index contributed by atoms with van der Waals surface area (Å²) in [5.41, 5.74) is 0.931. The number of hydrogen-bond donors (Lipinski definition) is 3. The molecule has 0 bridgehead atoms. The second kappa shape index (κ2) is 7.22. The van der Waals surface area contributed by atoms with Gasteiger partial charge in [0.25, 0.3) is 5.56 Å². The van der Waals surface area contributed by atoms with Gasteiger partial charge >= 0.3 is 0 Å². The molecule has 0 spiro atoms. The minimum atomic E-state index is -0.271. The molecule has 0 aliphatic heterocycles. The predicted octanol–water partition coefficient (Wildman–Crippen LogP) is 1.59. The Morgan fingerprint density at radius 1 is 1.32 bits per heavy atom. The molecule has 2 rings (SSSR count). The standard InChI is InChI=1S/C17H22N2O3/c1-11(2)7-14(10-20)18-16(21)9-13-8-12-5-3-4-6-15(12)19-17(13)22/h3-6,8,11,14,20H,7,9-10H2,1-2H3,(H,18,21)(H,19,22). The maximum atomic E-state index is 12.1. The molecule has 1 heterocycles. The minimum absolute atomic E-state index is 0.00869. The second-order valence-corrected chi connectivity index (χ2v) is 5.96. The highest BCUT2D eigenvalue weighted by Crippen LogP contribution is 2.10. The zero-order valence-corrected chi connectivity index (χ0v) is 12.9. The van der Waals surface area contributed by atoms with Crippen LogP contribution in [0.1, 0.15) is 25.8 Å². The van der Waals surface area contributed by atoms with E-state index in [1.807, 2.05) is 38.1 Å². The van der Waals surface area contributed by atoms with Crippen molar-refractivity contribution in [2.45, 2.75) is 32.7 Å². The number of aromatic nitrogens is 1. The molecule has 1 aromatic carbocycles. The summed E-state index contributed by atoms with van der Waals surface area (Å²) in [4.78, 5) is 26.9. The third-order valence-corrected chi connectivity index (χ3v) is 3.52. The zero-order valence-electron chi connectivity index (χ0n) is 12.9. The zero-order chi connectivity index (χ0) is 16.1. The van der Waals surface area contributed by atoms with Gasteiger partial charge in [-0.2, -0.15) is 0 Å². The summed E-state index contributed by atoms with van der Waals surface area (Å²) in [6.45, 7) is 3.96. The topological polar surface area (TPSA) is 82.2 Å². The van der Waals surface area contributed by atoms with Gasteiger partial charge in [0, 0.05) is 11.1 Å². The van der Waals surface area contributed by atoms with Gasteiger partial charge in [-0.1, -0.05) is 32.0 Å². The van der Waals surface area contributed by atoms with Crippen LogP contribution in [-0.2, 0) is 11.2 Å². The van der Waals surface area contributed by atoms with Crippen molar-refractivity contribution in [1.29, 1.82) is 0 Å². The third-order valence-electron chi connectivity index (χ3n) is 3.52. The Labute approximate surface area is 129 Å². The molecule has 5 heteroatoms. The highest BCUT2D eigenvalue weighted by atomic mass is 16.3. The number of fused-ring (bicyclic) bond motifs is 1.